The molecule has 0 amide bonds. The van der Waals surface area contributed by atoms with E-state index in [0.29, 0.717) is 0 Å². The number of carbonyl (C=O) groups excluding carboxylic acids is 1. The molecule has 0 aromatic rings. The molecular weight excluding hydrogens is 126 g/mol. The normalized spacial score (nSPS) is 37.6. The van der Waals surface area contributed by atoms with Gasteiger partial charge < -0.3 is 9.69 Å². The molecule has 2 rings (SSSR count). The summed E-state index contributed by atoms with van der Waals surface area (Å²) in [6, 6.07) is 0. The molecule has 0 N–H and O–H groups in total. The van der Waals surface area contributed by atoms with Gasteiger partial charge >= 0.3 is 0 Å². The van der Waals surface area contributed by atoms with E-state index < -0.39 is 0 Å². The van der Waals surface area contributed by atoms with Gasteiger partial charge in [-0.25, -0.2) is 0 Å². The van der Waals surface area contributed by atoms with Crippen LogP contribution in [0.25, 0.3) is 0 Å². The zero-order valence-electron chi connectivity index (χ0n) is 6.12. The third kappa shape index (κ3) is 1.08. The first-order valence-electron chi connectivity index (χ1n) is 4.06. The quantitative estimate of drug-likeness (QED) is 0.531. The average molecular weight is 139 g/mol. The fourth-order valence-electron chi connectivity index (χ4n) is 1.91. The van der Waals surface area contributed by atoms with Gasteiger partial charge in [-0.15, -0.1) is 0 Å². The predicted octanol–water partition coefficient (Wildman–Crippen LogP) is 0.527. The van der Waals surface area contributed by atoms with Crippen LogP contribution in [0.2, 0.25) is 0 Å². The minimum Gasteiger partial charge on any atom is -0.303 e. The van der Waals surface area contributed by atoms with Crippen molar-refractivity contribution in [2.45, 2.75) is 12.8 Å². The Kier molecular flexibility index (Phi) is 1.49. The van der Waals surface area contributed by atoms with Crippen LogP contribution in [0.5, 0.6) is 0 Å². The molecule has 1 saturated heterocycles. The topological polar surface area (TPSA) is 20.3 Å². The largest absolute Gasteiger partial charge is 0.303 e. The van der Waals surface area contributed by atoms with Crippen LogP contribution in [-0.4, -0.2) is 30.8 Å². The van der Waals surface area contributed by atoms with Crippen LogP contribution < -0.4 is 0 Å². The van der Waals surface area contributed by atoms with E-state index in [1.807, 2.05) is 0 Å². The average Bonchev–Trinajstić information content (AvgIpc) is 2.56. The van der Waals surface area contributed by atoms with E-state index in [0.717, 1.165) is 31.1 Å². The van der Waals surface area contributed by atoms with Crippen molar-refractivity contribution in [1.82, 2.24) is 4.90 Å². The summed E-state index contributed by atoms with van der Waals surface area (Å²) in [5.74, 6) is 2.01. The third-order valence-corrected chi connectivity index (χ3v) is 2.62. The number of aldehydes is 1. The molecule has 2 fully saturated rings. The summed E-state index contributed by atoms with van der Waals surface area (Å²) in [6.07, 6.45) is 3.20. The van der Waals surface area contributed by atoms with Crippen molar-refractivity contribution < 1.29 is 4.79 Å². The monoisotopic (exact) mass is 139 g/mol. The summed E-state index contributed by atoms with van der Waals surface area (Å²) in [6.45, 7) is 3.52. The molecular formula is C8H13NO. The second-order valence-corrected chi connectivity index (χ2v) is 3.47. The fraction of sp³-hybridized carbons (Fsp3) is 0.875. The Hall–Kier alpha value is -0.370. The molecule has 56 valence electrons. The Morgan fingerprint density at radius 1 is 1.40 bits per heavy atom. The molecule has 1 aliphatic heterocycles. The van der Waals surface area contributed by atoms with Crippen LogP contribution in [0, 0.1) is 11.8 Å². The van der Waals surface area contributed by atoms with E-state index in [-0.39, 0.29) is 0 Å². The molecule has 0 aromatic carbocycles. The van der Waals surface area contributed by atoms with E-state index in [1.54, 1.807) is 0 Å². The number of hydrogen-bond acceptors (Lipinski definition) is 2. The Labute approximate surface area is 61.2 Å². The van der Waals surface area contributed by atoms with Gasteiger partial charge in [-0.05, 0) is 18.3 Å². The Morgan fingerprint density at radius 3 is 2.70 bits per heavy atom. The van der Waals surface area contributed by atoms with Crippen LogP contribution in [0.15, 0.2) is 0 Å². The van der Waals surface area contributed by atoms with Gasteiger partial charge in [-0.2, -0.15) is 0 Å². The van der Waals surface area contributed by atoms with Gasteiger partial charge in [0, 0.05) is 26.1 Å². The molecule has 1 heterocycles. The number of hydrogen-bond donors (Lipinski definition) is 0. The highest BCUT2D eigenvalue weighted by Gasteiger charge is 2.44. The Morgan fingerprint density at radius 2 is 2.10 bits per heavy atom. The fourth-order valence-corrected chi connectivity index (χ4v) is 1.91. The summed E-state index contributed by atoms with van der Waals surface area (Å²) in [5.41, 5.74) is 0. The van der Waals surface area contributed by atoms with Gasteiger partial charge in [0.15, 0.2) is 0 Å². The molecule has 2 nitrogen and oxygen atoms in total. The Bertz CT molecular complexity index is 136. The van der Waals surface area contributed by atoms with E-state index in [9.17, 15) is 4.79 Å². The van der Waals surface area contributed by atoms with Gasteiger partial charge in [-0.1, -0.05) is 0 Å². The van der Waals surface area contributed by atoms with E-state index >= 15 is 0 Å². The number of fused-ring (bicyclic) bond motifs is 1. The smallest absolute Gasteiger partial charge is 0.121 e. The maximum Gasteiger partial charge on any atom is 0.121 e. The first-order chi connectivity index (χ1) is 4.90. The summed E-state index contributed by atoms with van der Waals surface area (Å²) >= 11 is 0. The number of carbonyl (C=O) groups is 1. The van der Waals surface area contributed by atoms with Crippen molar-refractivity contribution in [2.75, 3.05) is 19.6 Å². The van der Waals surface area contributed by atoms with E-state index in [4.69, 9.17) is 0 Å². The first kappa shape index (κ1) is 6.35. The standard InChI is InChI=1S/C8H13NO/c10-3-1-2-9-5-7-4-8(7)6-9/h3,7-8H,1-2,4-6H2. The molecule has 2 unspecified atom stereocenters. The summed E-state index contributed by atoms with van der Waals surface area (Å²) < 4.78 is 0. The molecule has 2 aliphatic rings. The van der Waals surface area contributed by atoms with Gasteiger partial charge in [0.1, 0.15) is 6.29 Å². The van der Waals surface area contributed by atoms with Crippen LogP contribution in [-0.2, 0) is 4.79 Å². The molecule has 0 aromatic heterocycles. The number of rotatable bonds is 3. The highest BCUT2D eigenvalue weighted by Crippen LogP contribution is 2.44. The maximum atomic E-state index is 10.0. The number of nitrogens with zero attached hydrogens (tertiary/aromatic N) is 1. The lowest BCUT2D eigenvalue weighted by atomic mass is 10.4. The highest BCUT2D eigenvalue weighted by molar-refractivity contribution is 5.49. The second kappa shape index (κ2) is 2.35. The van der Waals surface area contributed by atoms with Crippen molar-refractivity contribution in [2.24, 2.45) is 11.8 Å². The van der Waals surface area contributed by atoms with Gasteiger partial charge in [0.25, 0.3) is 0 Å². The van der Waals surface area contributed by atoms with Crippen LogP contribution in [0.1, 0.15) is 12.8 Å². The van der Waals surface area contributed by atoms with E-state index in [1.165, 1.54) is 19.5 Å². The number of likely N-dealkylation sites (tertiary alicyclic amines) is 1. The lowest BCUT2D eigenvalue weighted by molar-refractivity contribution is -0.108. The molecule has 10 heavy (non-hydrogen) atoms. The molecule has 2 atom stereocenters. The maximum absolute atomic E-state index is 10.0. The molecule has 0 bridgehead atoms. The minimum atomic E-state index is 0.722. The van der Waals surface area contributed by atoms with Crippen LogP contribution in [0.4, 0.5) is 0 Å². The van der Waals surface area contributed by atoms with Gasteiger partial charge in [0.05, 0.1) is 0 Å². The van der Waals surface area contributed by atoms with Crippen LogP contribution >= 0.6 is 0 Å². The predicted molar refractivity (Wildman–Crippen MR) is 38.7 cm³/mol. The molecule has 0 radical (unpaired) electrons. The van der Waals surface area contributed by atoms with Gasteiger partial charge in [-0.3, -0.25) is 0 Å². The third-order valence-electron chi connectivity index (χ3n) is 2.62. The molecule has 2 heteroatoms. The zero-order chi connectivity index (χ0) is 6.97. The lowest BCUT2D eigenvalue weighted by Gasteiger charge is -2.14. The number of piperidine rings is 1. The van der Waals surface area contributed by atoms with Crippen molar-refractivity contribution >= 4 is 6.29 Å². The first-order valence-corrected chi connectivity index (χ1v) is 4.06. The summed E-state index contributed by atoms with van der Waals surface area (Å²) in [4.78, 5) is 12.4. The minimum absolute atomic E-state index is 0.722. The SMILES string of the molecule is O=CCCN1CC2CC2C1. The van der Waals surface area contributed by atoms with Crippen LogP contribution in [0.3, 0.4) is 0 Å². The van der Waals surface area contributed by atoms with E-state index in [2.05, 4.69) is 4.90 Å². The molecule has 0 spiro atoms. The molecule has 1 saturated carbocycles. The van der Waals surface area contributed by atoms with Crippen molar-refractivity contribution in [3.8, 4) is 0 Å². The van der Waals surface area contributed by atoms with Crippen molar-refractivity contribution in [1.29, 1.82) is 0 Å². The molecule has 1 aliphatic carbocycles. The highest BCUT2D eigenvalue weighted by atomic mass is 16.1. The zero-order valence-corrected chi connectivity index (χ0v) is 6.12. The van der Waals surface area contributed by atoms with Gasteiger partial charge in [0.2, 0.25) is 0 Å². The second-order valence-electron chi connectivity index (χ2n) is 3.47. The van der Waals surface area contributed by atoms with Crippen molar-refractivity contribution in [3.05, 3.63) is 0 Å². The summed E-state index contributed by atoms with van der Waals surface area (Å²) in [7, 11) is 0. The summed E-state index contributed by atoms with van der Waals surface area (Å²) in [5, 5.41) is 0. The Balaban J connectivity index is 1.70. The van der Waals surface area contributed by atoms with Crippen molar-refractivity contribution in [3.63, 3.8) is 0 Å². The lowest BCUT2D eigenvalue weighted by Crippen LogP contribution is -2.23.